The number of carbonyl (C=O) groups is 2. The molecule has 3 aromatic rings. The van der Waals surface area contributed by atoms with Crippen molar-refractivity contribution in [1.29, 1.82) is 0 Å². The van der Waals surface area contributed by atoms with Crippen LogP contribution in [0.5, 0.6) is 5.75 Å². The lowest BCUT2D eigenvalue weighted by atomic mass is 10.0. The standard InChI is InChI=1S/C22H18FNO3/c23-20-9-5-4-8-18(20)14-24-21(25)15-27-19-12-10-17(11-13-19)22(26)16-6-2-1-3-7-16/h1-13H,14-15H2,(H,24,25). The van der Waals surface area contributed by atoms with Crippen LogP contribution in [0.3, 0.4) is 0 Å². The summed E-state index contributed by atoms with van der Waals surface area (Å²) in [5.41, 5.74) is 1.56. The van der Waals surface area contributed by atoms with Crippen LogP contribution in [0.4, 0.5) is 4.39 Å². The van der Waals surface area contributed by atoms with E-state index in [1.165, 1.54) is 6.07 Å². The summed E-state index contributed by atoms with van der Waals surface area (Å²) in [6, 6.07) is 21.8. The van der Waals surface area contributed by atoms with Crippen LogP contribution in [0.15, 0.2) is 78.9 Å². The van der Waals surface area contributed by atoms with Crippen molar-refractivity contribution in [2.75, 3.05) is 6.61 Å². The van der Waals surface area contributed by atoms with Crippen LogP contribution in [0.2, 0.25) is 0 Å². The van der Waals surface area contributed by atoms with E-state index in [1.54, 1.807) is 54.6 Å². The summed E-state index contributed by atoms with van der Waals surface area (Å²) in [5, 5.41) is 2.60. The van der Waals surface area contributed by atoms with E-state index in [0.29, 0.717) is 22.4 Å². The molecule has 0 fully saturated rings. The average molecular weight is 363 g/mol. The second-order valence-corrected chi connectivity index (χ2v) is 5.88. The Hall–Kier alpha value is -3.47. The van der Waals surface area contributed by atoms with Crippen LogP contribution >= 0.6 is 0 Å². The van der Waals surface area contributed by atoms with Crippen LogP contribution in [0, 0.1) is 5.82 Å². The summed E-state index contributed by atoms with van der Waals surface area (Å²) in [5.74, 6) is -0.328. The number of carbonyl (C=O) groups excluding carboxylic acids is 2. The molecule has 136 valence electrons. The molecule has 3 rings (SSSR count). The Morgan fingerprint density at radius 2 is 1.44 bits per heavy atom. The third kappa shape index (κ3) is 5.01. The van der Waals surface area contributed by atoms with Gasteiger partial charge in [-0.15, -0.1) is 0 Å². The van der Waals surface area contributed by atoms with Crippen molar-refractivity contribution in [3.05, 3.63) is 101 Å². The molecule has 0 spiro atoms. The maximum absolute atomic E-state index is 13.5. The van der Waals surface area contributed by atoms with Gasteiger partial charge in [0, 0.05) is 23.2 Å². The van der Waals surface area contributed by atoms with Crippen molar-refractivity contribution >= 4 is 11.7 Å². The van der Waals surface area contributed by atoms with Gasteiger partial charge in [0.15, 0.2) is 12.4 Å². The number of ether oxygens (including phenoxy) is 1. The fourth-order valence-corrected chi connectivity index (χ4v) is 2.49. The number of rotatable bonds is 7. The molecule has 4 nitrogen and oxygen atoms in total. The summed E-state index contributed by atoms with van der Waals surface area (Å²) in [4.78, 5) is 24.2. The highest BCUT2D eigenvalue weighted by molar-refractivity contribution is 6.08. The van der Waals surface area contributed by atoms with Crippen molar-refractivity contribution in [1.82, 2.24) is 5.32 Å². The summed E-state index contributed by atoms with van der Waals surface area (Å²) >= 11 is 0. The van der Waals surface area contributed by atoms with Gasteiger partial charge >= 0.3 is 0 Å². The Labute approximate surface area is 156 Å². The van der Waals surface area contributed by atoms with E-state index >= 15 is 0 Å². The molecule has 0 aliphatic heterocycles. The van der Waals surface area contributed by atoms with Gasteiger partial charge in [0.1, 0.15) is 11.6 Å². The van der Waals surface area contributed by atoms with E-state index in [4.69, 9.17) is 4.74 Å². The normalized spacial score (nSPS) is 10.3. The van der Waals surface area contributed by atoms with Crippen LogP contribution < -0.4 is 10.1 Å². The molecule has 5 heteroatoms. The first kappa shape index (κ1) is 18.3. The summed E-state index contributed by atoms with van der Waals surface area (Å²) in [6.07, 6.45) is 0. The van der Waals surface area contributed by atoms with E-state index < -0.39 is 0 Å². The molecule has 1 amide bonds. The van der Waals surface area contributed by atoms with Gasteiger partial charge in [0.25, 0.3) is 5.91 Å². The highest BCUT2D eigenvalue weighted by atomic mass is 19.1. The van der Waals surface area contributed by atoms with Crippen molar-refractivity contribution in [3.63, 3.8) is 0 Å². The summed E-state index contributed by atoms with van der Waals surface area (Å²) in [6.45, 7) is -0.0974. The molecule has 0 saturated heterocycles. The van der Waals surface area contributed by atoms with Crippen molar-refractivity contribution in [2.45, 2.75) is 6.54 Å². The molecule has 27 heavy (non-hydrogen) atoms. The number of ketones is 1. The quantitative estimate of drug-likeness (QED) is 0.651. The highest BCUT2D eigenvalue weighted by Crippen LogP contribution is 2.15. The largest absolute Gasteiger partial charge is 0.484 e. The van der Waals surface area contributed by atoms with E-state index in [1.807, 2.05) is 18.2 Å². The number of hydrogen-bond donors (Lipinski definition) is 1. The Morgan fingerprint density at radius 1 is 0.815 bits per heavy atom. The highest BCUT2D eigenvalue weighted by Gasteiger charge is 2.09. The zero-order valence-corrected chi connectivity index (χ0v) is 14.5. The molecule has 3 aromatic carbocycles. The van der Waals surface area contributed by atoms with Crippen LogP contribution in [0.25, 0.3) is 0 Å². The number of benzene rings is 3. The molecule has 0 aromatic heterocycles. The lowest BCUT2D eigenvalue weighted by Gasteiger charge is -2.09. The van der Waals surface area contributed by atoms with Gasteiger partial charge in [-0.1, -0.05) is 48.5 Å². The Bertz CT molecular complexity index is 924. The smallest absolute Gasteiger partial charge is 0.258 e. The lowest BCUT2D eigenvalue weighted by Crippen LogP contribution is -2.28. The molecule has 0 aliphatic carbocycles. The van der Waals surface area contributed by atoms with E-state index in [-0.39, 0.29) is 30.7 Å². The third-order valence-corrected chi connectivity index (χ3v) is 3.96. The number of halogens is 1. The molecule has 0 unspecified atom stereocenters. The Balaban J connectivity index is 1.50. The molecule has 1 N–H and O–H groups in total. The van der Waals surface area contributed by atoms with Crippen LogP contribution in [-0.4, -0.2) is 18.3 Å². The minimum absolute atomic E-state index is 0.0789. The summed E-state index contributed by atoms with van der Waals surface area (Å²) < 4.78 is 18.9. The second-order valence-electron chi connectivity index (χ2n) is 5.88. The topological polar surface area (TPSA) is 55.4 Å². The molecule has 0 bridgehead atoms. The Kier molecular flexibility index (Phi) is 5.94. The Morgan fingerprint density at radius 3 is 2.15 bits per heavy atom. The average Bonchev–Trinajstić information content (AvgIpc) is 2.72. The number of hydrogen-bond acceptors (Lipinski definition) is 3. The van der Waals surface area contributed by atoms with Crippen molar-refractivity contribution in [2.24, 2.45) is 0 Å². The molecule has 0 aliphatic rings. The van der Waals surface area contributed by atoms with Gasteiger partial charge in [-0.2, -0.15) is 0 Å². The SMILES string of the molecule is O=C(COc1ccc(C(=O)c2ccccc2)cc1)NCc1ccccc1F. The first-order chi connectivity index (χ1) is 13.1. The third-order valence-electron chi connectivity index (χ3n) is 3.96. The van der Waals surface area contributed by atoms with Crippen LogP contribution in [0.1, 0.15) is 21.5 Å². The molecule has 0 radical (unpaired) electrons. The van der Waals surface area contributed by atoms with E-state index in [2.05, 4.69) is 5.32 Å². The minimum atomic E-state index is -0.364. The zero-order chi connectivity index (χ0) is 19.1. The fourth-order valence-electron chi connectivity index (χ4n) is 2.49. The van der Waals surface area contributed by atoms with E-state index in [0.717, 1.165) is 0 Å². The maximum Gasteiger partial charge on any atom is 0.258 e. The second kappa shape index (κ2) is 8.76. The van der Waals surface area contributed by atoms with Gasteiger partial charge in [-0.25, -0.2) is 4.39 Å². The maximum atomic E-state index is 13.5. The van der Waals surface area contributed by atoms with E-state index in [9.17, 15) is 14.0 Å². The predicted molar refractivity (Wildman–Crippen MR) is 100 cm³/mol. The lowest BCUT2D eigenvalue weighted by molar-refractivity contribution is -0.123. The molecular formula is C22H18FNO3. The van der Waals surface area contributed by atoms with Gasteiger partial charge in [-0.3, -0.25) is 9.59 Å². The van der Waals surface area contributed by atoms with Crippen LogP contribution in [-0.2, 0) is 11.3 Å². The first-order valence-corrected chi connectivity index (χ1v) is 8.46. The predicted octanol–water partition coefficient (Wildman–Crippen LogP) is 3.75. The van der Waals surface area contributed by atoms with Gasteiger partial charge < -0.3 is 10.1 Å². The first-order valence-electron chi connectivity index (χ1n) is 8.46. The van der Waals surface area contributed by atoms with Crippen molar-refractivity contribution in [3.8, 4) is 5.75 Å². The number of amides is 1. The van der Waals surface area contributed by atoms with Gasteiger partial charge in [0.2, 0.25) is 0 Å². The monoisotopic (exact) mass is 363 g/mol. The fraction of sp³-hybridized carbons (Fsp3) is 0.0909. The van der Waals surface area contributed by atoms with Gasteiger partial charge in [0.05, 0.1) is 0 Å². The molecule has 0 heterocycles. The zero-order valence-electron chi connectivity index (χ0n) is 14.5. The van der Waals surface area contributed by atoms with Crippen molar-refractivity contribution < 1.29 is 18.7 Å². The van der Waals surface area contributed by atoms with Gasteiger partial charge in [-0.05, 0) is 30.3 Å². The molecular weight excluding hydrogens is 345 g/mol. The molecule has 0 atom stereocenters. The minimum Gasteiger partial charge on any atom is -0.484 e. The molecule has 0 saturated carbocycles. The number of nitrogens with one attached hydrogen (secondary N) is 1. The summed E-state index contributed by atoms with van der Waals surface area (Å²) in [7, 11) is 0.